The van der Waals surface area contributed by atoms with Gasteiger partial charge in [-0.1, -0.05) is 19.4 Å². The molecule has 2 bridgehead atoms. The van der Waals surface area contributed by atoms with Crippen molar-refractivity contribution in [3.05, 3.63) is 12.2 Å². The first kappa shape index (κ1) is 13.6. The van der Waals surface area contributed by atoms with Crippen LogP contribution in [0.25, 0.3) is 0 Å². The Morgan fingerprint density at radius 1 is 1.27 bits per heavy atom. The average Bonchev–Trinajstić information content (AvgIpc) is 3.09. The summed E-state index contributed by atoms with van der Waals surface area (Å²) in [6.07, 6.45) is 8.74. The fourth-order valence-corrected chi connectivity index (χ4v) is 5.82. The molecule has 1 saturated carbocycles. The van der Waals surface area contributed by atoms with Crippen molar-refractivity contribution in [3.63, 3.8) is 0 Å². The van der Waals surface area contributed by atoms with Crippen LogP contribution in [0.1, 0.15) is 46.5 Å². The van der Waals surface area contributed by atoms with Gasteiger partial charge in [-0.2, -0.15) is 0 Å². The molecule has 120 valence electrons. The molecular formula is C18H25NO3. The van der Waals surface area contributed by atoms with Crippen LogP contribution < -0.4 is 0 Å². The first-order chi connectivity index (χ1) is 10.4. The van der Waals surface area contributed by atoms with Gasteiger partial charge in [0.15, 0.2) is 6.23 Å². The standard InChI is InChI=1S/C18H25NO3/c1-10-4-5-12-14(8-10)21-16-18-7-6-11(22-18)9-13(18)15(20)19(16)17(12,2)3/h6-7,10-14,16H,4-5,8-9H2,1-3H3/t10-,11-,12-,13-,14-,16+,18+/m1/s1. The molecule has 0 aromatic rings. The molecule has 4 fully saturated rings. The van der Waals surface area contributed by atoms with Crippen molar-refractivity contribution in [3.8, 4) is 0 Å². The Bertz CT molecular complexity index is 571. The molecular weight excluding hydrogens is 278 g/mol. The molecule has 0 unspecified atom stereocenters. The van der Waals surface area contributed by atoms with Crippen molar-refractivity contribution in [2.24, 2.45) is 17.8 Å². The zero-order valence-electron chi connectivity index (χ0n) is 13.6. The van der Waals surface area contributed by atoms with E-state index in [-0.39, 0.29) is 35.8 Å². The van der Waals surface area contributed by atoms with Gasteiger partial charge in [-0.25, -0.2) is 0 Å². The van der Waals surface area contributed by atoms with E-state index in [1.165, 1.54) is 6.42 Å². The van der Waals surface area contributed by atoms with Gasteiger partial charge >= 0.3 is 0 Å². The number of fused-ring (bicyclic) bond motifs is 3. The van der Waals surface area contributed by atoms with Crippen molar-refractivity contribution in [1.29, 1.82) is 0 Å². The number of hydrogen-bond donors (Lipinski definition) is 0. The van der Waals surface area contributed by atoms with Crippen molar-refractivity contribution in [2.75, 3.05) is 0 Å². The second-order valence-electron chi connectivity index (χ2n) is 8.57. The summed E-state index contributed by atoms with van der Waals surface area (Å²) in [5.41, 5.74) is -0.649. The number of hydrogen-bond acceptors (Lipinski definition) is 3. The smallest absolute Gasteiger partial charge is 0.231 e. The molecule has 0 aromatic heterocycles. The van der Waals surface area contributed by atoms with E-state index in [9.17, 15) is 4.79 Å². The molecule has 5 rings (SSSR count). The van der Waals surface area contributed by atoms with Gasteiger partial charge in [-0.3, -0.25) is 4.79 Å². The molecule has 4 aliphatic heterocycles. The number of carbonyl (C=O) groups excluding carboxylic acids is 1. The molecule has 22 heavy (non-hydrogen) atoms. The highest BCUT2D eigenvalue weighted by Gasteiger charge is 2.71. The number of rotatable bonds is 0. The fraction of sp³-hybridized carbons (Fsp3) is 0.833. The number of carbonyl (C=O) groups is 1. The summed E-state index contributed by atoms with van der Waals surface area (Å²) >= 11 is 0. The highest BCUT2D eigenvalue weighted by molar-refractivity contribution is 5.86. The number of amides is 1. The Hall–Kier alpha value is -0.870. The third-order valence-corrected chi connectivity index (χ3v) is 6.98. The second-order valence-corrected chi connectivity index (χ2v) is 8.57. The first-order valence-electron chi connectivity index (χ1n) is 8.79. The molecule has 4 heterocycles. The van der Waals surface area contributed by atoms with Gasteiger partial charge < -0.3 is 14.4 Å². The Labute approximate surface area is 131 Å². The topological polar surface area (TPSA) is 38.8 Å². The van der Waals surface area contributed by atoms with Gasteiger partial charge in [0.05, 0.1) is 18.1 Å². The van der Waals surface area contributed by atoms with E-state index in [1.807, 2.05) is 4.90 Å². The quantitative estimate of drug-likeness (QED) is 0.645. The fourth-order valence-electron chi connectivity index (χ4n) is 5.82. The summed E-state index contributed by atoms with van der Waals surface area (Å²) in [6.45, 7) is 6.79. The molecule has 1 aliphatic carbocycles. The van der Waals surface area contributed by atoms with E-state index in [4.69, 9.17) is 9.47 Å². The van der Waals surface area contributed by atoms with Crippen molar-refractivity contribution >= 4 is 5.91 Å². The third kappa shape index (κ3) is 1.40. The maximum atomic E-state index is 13.1. The first-order valence-corrected chi connectivity index (χ1v) is 8.79. The van der Waals surface area contributed by atoms with E-state index < -0.39 is 5.60 Å². The van der Waals surface area contributed by atoms with Gasteiger partial charge in [-0.15, -0.1) is 0 Å². The highest BCUT2D eigenvalue weighted by atomic mass is 16.6. The molecule has 4 nitrogen and oxygen atoms in total. The number of nitrogens with zero attached hydrogens (tertiary/aromatic N) is 1. The van der Waals surface area contributed by atoms with E-state index in [0.29, 0.717) is 11.8 Å². The van der Waals surface area contributed by atoms with Crippen LogP contribution in [0.4, 0.5) is 0 Å². The average molecular weight is 303 g/mol. The minimum atomic E-state index is -0.509. The summed E-state index contributed by atoms with van der Waals surface area (Å²) in [4.78, 5) is 15.1. The minimum Gasteiger partial charge on any atom is -0.358 e. The van der Waals surface area contributed by atoms with E-state index in [0.717, 1.165) is 19.3 Å². The van der Waals surface area contributed by atoms with Crippen molar-refractivity contribution in [1.82, 2.24) is 4.90 Å². The summed E-state index contributed by atoms with van der Waals surface area (Å²) < 4.78 is 12.8. The molecule has 5 aliphatic rings. The molecule has 7 atom stereocenters. The normalized spacial score (nSPS) is 54.3. The number of ether oxygens (including phenoxy) is 2. The molecule has 3 saturated heterocycles. The van der Waals surface area contributed by atoms with Crippen molar-refractivity contribution in [2.45, 2.75) is 76.0 Å². The van der Waals surface area contributed by atoms with Gasteiger partial charge in [-0.05, 0) is 45.1 Å². The maximum Gasteiger partial charge on any atom is 0.231 e. The van der Waals surface area contributed by atoms with Crippen LogP contribution in [0.15, 0.2) is 12.2 Å². The molecule has 1 spiro atoms. The predicted octanol–water partition coefficient (Wildman–Crippen LogP) is 2.48. The molecule has 1 amide bonds. The Morgan fingerprint density at radius 2 is 2.09 bits per heavy atom. The van der Waals surface area contributed by atoms with Gasteiger partial charge in [0.1, 0.15) is 5.60 Å². The lowest BCUT2D eigenvalue weighted by atomic mass is 9.70. The molecule has 0 aromatic carbocycles. The van der Waals surface area contributed by atoms with Crippen LogP contribution in [0, 0.1) is 17.8 Å². The zero-order chi connectivity index (χ0) is 15.3. The zero-order valence-corrected chi connectivity index (χ0v) is 13.6. The van der Waals surface area contributed by atoms with Crippen LogP contribution in [-0.4, -0.2) is 40.4 Å². The lowest BCUT2D eigenvalue weighted by molar-refractivity contribution is -0.251. The molecule has 4 heteroatoms. The summed E-state index contributed by atoms with van der Waals surface area (Å²) in [5.74, 6) is 1.37. The maximum absolute atomic E-state index is 13.1. The van der Waals surface area contributed by atoms with Crippen LogP contribution in [0.3, 0.4) is 0 Å². The second kappa shape index (κ2) is 3.96. The summed E-state index contributed by atoms with van der Waals surface area (Å²) in [5, 5.41) is 0. The summed E-state index contributed by atoms with van der Waals surface area (Å²) in [7, 11) is 0. The third-order valence-electron chi connectivity index (χ3n) is 6.98. The lowest BCUT2D eigenvalue weighted by Crippen LogP contribution is -2.66. The Balaban J connectivity index is 1.59. The SMILES string of the molecule is C[C@@H]1CC[C@@H]2[C@@H](C1)O[C@@H]1N(C(=O)[C@H]3C[C@H]4C=C[C@]31O4)C2(C)C. The van der Waals surface area contributed by atoms with Crippen molar-refractivity contribution < 1.29 is 14.3 Å². The summed E-state index contributed by atoms with van der Waals surface area (Å²) in [6, 6.07) is 0. The molecule has 0 N–H and O–H groups in total. The largest absolute Gasteiger partial charge is 0.358 e. The monoisotopic (exact) mass is 303 g/mol. The van der Waals surface area contributed by atoms with Crippen LogP contribution in [0.5, 0.6) is 0 Å². The van der Waals surface area contributed by atoms with Crippen LogP contribution in [-0.2, 0) is 14.3 Å². The van der Waals surface area contributed by atoms with E-state index in [2.05, 4.69) is 32.9 Å². The Morgan fingerprint density at radius 3 is 2.86 bits per heavy atom. The van der Waals surface area contributed by atoms with Gasteiger partial charge in [0.25, 0.3) is 0 Å². The molecule has 0 radical (unpaired) electrons. The highest BCUT2D eigenvalue weighted by Crippen LogP contribution is 2.58. The van der Waals surface area contributed by atoms with E-state index >= 15 is 0 Å². The van der Waals surface area contributed by atoms with Crippen LogP contribution in [0.2, 0.25) is 0 Å². The van der Waals surface area contributed by atoms with Gasteiger partial charge in [0.2, 0.25) is 5.91 Å². The Kier molecular flexibility index (Phi) is 2.44. The minimum absolute atomic E-state index is 0.0376. The predicted molar refractivity (Wildman–Crippen MR) is 80.9 cm³/mol. The van der Waals surface area contributed by atoms with E-state index in [1.54, 1.807) is 0 Å². The van der Waals surface area contributed by atoms with Gasteiger partial charge in [0, 0.05) is 11.5 Å². The lowest BCUT2D eigenvalue weighted by Gasteiger charge is -2.56. The van der Waals surface area contributed by atoms with Crippen LogP contribution >= 0.6 is 0 Å².